The molecule has 2 N–H and O–H groups in total. The Morgan fingerprint density at radius 2 is 1.93 bits per heavy atom. The molecule has 1 unspecified atom stereocenters. The van der Waals surface area contributed by atoms with Crippen molar-refractivity contribution in [2.24, 2.45) is 0 Å². The van der Waals surface area contributed by atoms with E-state index in [0.717, 1.165) is 6.07 Å². The zero-order chi connectivity index (χ0) is 22.1. The molecule has 1 saturated heterocycles. The first kappa shape index (κ1) is 21.8. The number of ether oxygens (including phenoxy) is 1. The Labute approximate surface area is 171 Å². The van der Waals surface area contributed by atoms with Crippen molar-refractivity contribution < 1.29 is 22.7 Å². The van der Waals surface area contributed by atoms with Gasteiger partial charge in [-0.15, -0.1) is 0 Å². The second kappa shape index (κ2) is 8.10. The standard InChI is InChI=1S/C20H23F3N4O3/c1-19(2,3)30-18(29)27-9-8-24-11-16(27)13-5-4-12(10-14(13)20(21,22)23)15-6-7-17(28)26-25-15/h4-7,10,16,24H,8-9,11H2,1-3H3,(H,26,28). The summed E-state index contributed by atoms with van der Waals surface area (Å²) in [6.07, 6.45) is -5.31. The van der Waals surface area contributed by atoms with Crippen LogP contribution in [0, 0.1) is 0 Å². The van der Waals surface area contributed by atoms with Gasteiger partial charge >= 0.3 is 12.3 Å². The third-order valence-electron chi connectivity index (χ3n) is 4.56. The molecule has 0 radical (unpaired) electrons. The summed E-state index contributed by atoms with van der Waals surface area (Å²) in [5.74, 6) is 0. The SMILES string of the molecule is CC(C)(C)OC(=O)N1CCNCC1c1ccc(-c2ccc(=O)[nH]n2)cc1C(F)(F)F. The van der Waals surface area contributed by atoms with Crippen molar-refractivity contribution in [3.8, 4) is 11.3 Å². The number of piperazine rings is 1. The first-order valence-corrected chi connectivity index (χ1v) is 9.43. The number of halogens is 3. The lowest BCUT2D eigenvalue weighted by Crippen LogP contribution is -2.50. The van der Waals surface area contributed by atoms with Gasteiger partial charge in [0.15, 0.2) is 0 Å². The van der Waals surface area contributed by atoms with Gasteiger partial charge in [0.2, 0.25) is 0 Å². The minimum Gasteiger partial charge on any atom is -0.444 e. The minimum absolute atomic E-state index is 0.0336. The van der Waals surface area contributed by atoms with E-state index in [0.29, 0.717) is 6.54 Å². The molecule has 3 rings (SSSR count). The number of amides is 1. The Morgan fingerprint density at radius 3 is 2.53 bits per heavy atom. The fourth-order valence-electron chi connectivity index (χ4n) is 3.28. The van der Waals surface area contributed by atoms with Crippen molar-refractivity contribution in [3.05, 3.63) is 51.8 Å². The fourth-order valence-corrected chi connectivity index (χ4v) is 3.28. The number of benzene rings is 1. The van der Waals surface area contributed by atoms with Crippen LogP contribution >= 0.6 is 0 Å². The van der Waals surface area contributed by atoms with Gasteiger partial charge in [0, 0.05) is 31.3 Å². The van der Waals surface area contributed by atoms with E-state index in [1.165, 1.54) is 29.2 Å². The molecule has 162 valence electrons. The highest BCUT2D eigenvalue weighted by atomic mass is 19.4. The van der Waals surface area contributed by atoms with Crippen molar-refractivity contribution >= 4 is 6.09 Å². The van der Waals surface area contributed by atoms with Crippen LogP contribution in [0.25, 0.3) is 11.3 Å². The number of carbonyl (C=O) groups is 1. The fraction of sp³-hybridized carbons (Fsp3) is 0.450. The van der Waals surface area contributed by atoms with Crippen molar-refractivity contribution in [1.82, 2.24) is 20.4 Å². The Kier molecular flexibility index (Phi) is 5.89. The lowest BCUT2D eigenvalue weighted by molar-refractivity contribution is -0.138. The van der Waals surface area contributed by atoms with Crippen LogP contribution in [0.4, 0.5) is 18.0 Å². The van der Waals surface area contributed by atoms with Gasteiger partial charge in [-0.3, -0.25) is 9.69 Å². The van der Waals surface area contributed by atoms with Gasteiger partial charge in [0.1, 0.15) is 5.60 Å². The van der Waals surface area contributed by atoms with E-state index in [2.05, 4.69) is 15.5 Å². The summed E-state index contributed by atoms with van der Waals surface area (Å²) in [6.45, 7) is 5.95. The zero-order valence-corrected chi connectivity index (χ0v) is 16.8. The number of nitrogens with zero attached hydrogens (tertiary/aromatic N) is 2. The number of aromatic nitrogens is 2. The van der Waals surface area contributed by atoms with Gasteiger partial charge in [-0.1, -0.05) is 12.1 Å². The van der Waals surface area contributed by atoms with Crippen molar-refractivity contribution in [2.75, 3.05) is 19.6 Å². The number of hydrogen-bond acceptors (Lipinski definition) is 5. The number of aromatic amines is 1. The Balaban J connectivity index is 2.03. The maximum absolute atomic E-state index is 13.9. The number of H-pyrrole nitrogens is 1. The molecule has 0 aliphatic carbocycles. The first-order chi connectivity index (χ1) is 14.0. The van der Waals surface area contributed by atoms with Crippen molar-refractivity contribution in [1.29, 1.82) is 0 Å². The molecule has 30 heavy (non-hydrogen) atoms. The molecular formula is C20H23F3N4O3. The number of alkyl halides is 3. The van der Waals surface area contributed by atoms with Gasteiger partial charge in [0.05, 0.1) is 17.3 Å². The van der Waals surface area contributed by atoms with Crippen LogP contribution < -0.4 is 10.9 Å². The maximum atomic E-state index is 13.9. The van der Waals surface area contributed by atoms with E-state index < -0.39 is 35.0 Å². The third-order valence-corrected chi connectivity index (χ3v) is 4.56. The van der Waals surface area contributed by atoms with Gasteiger partial charge in [-0.25, -0.2) is 9.89 Å². The Bertz CT molecular complexity index is 962. The second-order valence-corrected chi connectivity index (χ2v) is 8.00. The molecule has 0 saturated carbocycles. The third kappa shape index (κ3) is 4.99. The monoisotopic (exact) mass is 424 g/mol. The van der Waals surface area contributed by atoms with E-state index in [4.69, 9.17) is 4.74 Å². The summed E-state index contributed by atoms with van der Waals surface area (Å²) in [6, 6.07) is 5.52. The number of hydrogen-bond donors (Lipinski definition) is 2. The lowest BCUT2D eigenvalue weighted by atomic mass is 9.94. The maximum Gasteiger partial charge on any atom is 0.416 e. The Morgan fingerprint density at radius 1 is 1.20 bits per heavy atom. The predicted octanol–water partition coefficient (Wildman–Crippen LogP) is 3.34. The lowest BCUT2D eigenvalue weighted by Gasteiger charge is -2.38. The summed E-state index contributed by atoms with van der Waals surface area (Å²) >= 11 is 0. The number of rotatable bonds is 2. The van der Waals surface area contributed by atoms with E-state index >= 15 is 0 Å². The normalized spacial score (nSPS) is 17.7. The van der Waals surface area contributed by atoms with E-state index in [9.17, 15) is 22.8 Å². The van der Waals surface area contributed by atoms with Crippen LogP contribution in [-0.2, 0) is 10.9 Å². The molecule has 1 aliphatic rings. The van der Waals surface area contributed by atoms with Gasteiger partial charge in [-0.2, -0.15) is 18.3 Å². The van der Waals surface area contributed by atoms with E-state index in [1.807, 2.05) is 0 Å². The van der Waals surface area contributed by atoms with Gasteiger partial charge in [-0.05, 0) is 38.5 Å². The van der Waals surface area contributed by atoms with Crippen LogP contribution in [0.3, 0.4) is 0 Å². The van der Waals surface area contributed by atoms with Crippen LogP contribution in [0.15, 0.2) is 35.1 Å². The molecule has 1 amide bonds. The topological polar surface area (TPSA) is 87.3 Å². The molecule has 2 aromatic rings. The number of nitrogens with one attached hydrogen (secondary N) is 2. The molecule has 0 bridgehead atoms. The molecule has 1 atom stereocenters. The summed E-state index contributed by atoms with van der Waals surface area (Å²) in [7, 11) is 0. The van der Waals surface area contributed by atoms with Crippen LogP contribution in [0.1, 0.15) is 37.9 Å². The van der Waals surface area contributed by atoms with E-state index in [-0.39, 0.29) is 29.9 Å². The highest BCUT2D eigenvalue weighted by Gasteiger charge is 2.39. The highest BCUT2D eigenvalue weighted by Crippen LogP contribution is 2.39. The molecular weight excluding hydrogens is 401 g/mol. The first-order valence-electron chi connectivity index (χ1n) is 9.43. The Hall–Kier alpha value is -2.88. The summed E-state index contributed by atoms with van der Waals surface area (Å²) in [5, 5.41) is 9.05. The predicted molar refractivity (Wildman–Crippen MR) is 104 cm³/mol. The summed E-state index contributed by atoms with van der Waals surface area (Å²) < 4.78 is 47.2. The zero-order valence-electron chi connectivity index (χ0n) is 16.8. The van der Waals surface area contributed by atoms with Crippen LogP contribution in [-0.4, -0.2) is 46.4 Å². The van der Waals surface area contributed by atoms with Crippen LogP contribution in [0.2, 0.25) is 0 Å². The van der Waals surface area contributed by atoms with Gasteiger partial charge in [0.25, 0.3) is 5.56 Å². The van der Waals surface area contributed by atoms with Gasteiger partial charge < -0.3 is 10.1 Å². The summed E-state index contributed by atoms with van der Waals surface area (Å²) in [4.78, 5) is 25.1. The quantitative estimate of drug-likeness (QED) is 0.772. The largest absolute Gasteiger partial charge is 0.444 e. The van der Waals surface area contributed by atoms with Crippen LogP contribution in [0.5, 0.6) is 0 Å². The van der Waals surface area contributed by atoms with E-state index in [1.54, 1.807) is 20.8 Å². The second-order valence-electron chi connectivity index (χ2n) is 8.00. The molecule has 1 fully saturated rings. The molecule has 1 aromatic heterocycles. The minimum atomic E-state index is -4.65. The molecule has 7 nitrogen and oxygen atoms in total. The smallest absolute Gasteiger partial charge is 0.416 e. The average Bonchev–Trinajstić information content (AvgIpc) is 2.66. The molecule has 1 aromatic carbocycles. The molecule has 2 heterocycles. The molecule has 0 spiro atoms. The number of carbonyl (C=O) groups excluding carboxylic acids is 1. The average molecular weight is 424 g/mol. The molecule has 1 aliphatic heterocycles. The summed E-state index contributed by atoms with van der Waals surface area (Å²) in [5.41, 5.74) is -1.71. The van der Waals surface area contributed by atoms with Crippen molar-refractivity contribution in [2.45, 2.75) is 38.6 Å². The highest BCUT2D eigenvalue weighted by molar-refractivity contribution is 5.70. The van der Waals surface area contributed by atoms with Crippen molar-refractivity contribution in [3.63, 3.8) is 0 Å². The molecule has 10 heteroatoms.